The average molecular weight is 172 g/mol. The molecule has 0 aliphatic carbocycles. The second-order valence-corrected chi connectivity index (χ2v) is 4.76. The molecule has 0 radical (unpaired) electrons. The van der Waals surface area contributed by atoms with Crippen molar-refractivity contribution < 1.29 is 9.47 Å². The van der Waals surface area contributed by atoms with E-state index in [-0.39, 0.29) is 5.79 Å². The molecule has 0 aromatic rings. The van der Waals surface area contributed by atoms with Gasteiger partial charge in [-0.2, -0.15) is 0 Å². The number of ether oxygens (including phenoxy) is 2. The summed E-state index contributed by atoms with van der Waals surface area (Å²) in [6.07, 6.45) is 2.25. The van der Waals surface area contributed by atoms with Gasteiger partial charge in [0.05, 0.1) is 13.2 Å². The van der Waals surface area contributed by atoms with Gasteiger partial charge in [0.15, 0.2) is 5.79 Å². The molecule has 0 aromatic heterocycles. The van der Waals surface area contributed by atoms with Crippen molar-refractivity contribution in [3.05, 3.63) is 0 Å². The van der Waals surface area contributed by atoms with Gasteiger partial charge in [0.2, 0.25) is 0 Å². The number of hydrogen-bond acceptors (Lipinski definition) is 2. The lowest BCUT2D eigenvalue weighted by Crippen LogP contribution is -2.34. The molecule has 0 bridgehead atoms. The van der Waals surface area contributed by atoms with Gasteiger partial charge in [-0.3, -0.25) is 0 Å². The molecular formula is C10H20O2. The van der Waals surface area contributed by atoms with Crippen molar-refractivity contribution in [2.75, 3.05) is 13.2 Å². The Morgan fingerprint density at radius 1 is 0.833 bits per heavy atom. The fraction of sp³-hybridized carbons (Fsp3) is 1.00. The first kappa shape index (κ1) is 10.0. The monoisotopic (exact) mass is 172 g/mol. The van der Waals surface area contributed by atoms with Crippen LogP contribution in [0.25, 0.3) is 0 Å². The van der Waals surface area contributed by atoms with Gasteiger partial charge in [0.25, 0.3) is 0 Å². The van der Waals surface area contributed by atoms with E-state index in [1.165, 1.54) is 0 Å². The van der Waals surface area contributed by atoms with E-state index in [0.717, 1.165) is 26.1 Å². The standard InChI is InChI=1S/C10H20O2/c1-9(2)5-7-11-10(3,4)12-8-6-9/h5-8H2,1-4H3. The van der Waals surface area contributed by atoms with Crippen molar-refractivity contribution >= 4 is 0 Å². The minimum Gasteiger partial charge on any atom is -0.351 e. The summed E-state index contributed by atoms with van der Waals surface area (Å²) in [5.41, 5.74) is 0.372. The van der Waals surface area contributed by atoms with E-state index in [4.69, 9.17) is 9.47 Å². The van der Waals surface area contributed by atoms with Crippen LogP contribution in [0.4, 0.5) is 0 Å². The zero-order chi connectivity index (χ0) is 9.24. The molecule has 2 nitrogen and oxygen atoms in total. The molecular weight excluding hydrogens is 152 g/mol. The van der Waals surface area contributed by atoms with Gasteiger partial charge in [-0.05, 0) is 32.1 Å². The molecule has 12 heavy (non-hydrogen) atoms. The van der Waals surface area contributed by atoms with E-state index in [2.05, 4.69) is 13.8 Å². The van der Waals surface area contributed by atoms with Crippen LogP contribution in [-0.2, 0) is 9.47 Å². The maximum Gasteiger partial charge on any atom is 0.162 e. The summed E-state index contributed by atoms with van der Waals surface area (Å²) in [6.45, 7) is 10.1. The quantitative estimate of drug-likeness (QED) is 0.559. The lowest BCUT2D eigenvalue weighted by molar-refractivity contribution is -0.228. The predicted molar refractivity (Wildman–Crippen MR) is 49.0 cm³/mol. The Morgan fingerprint density at radius 2 is 1.25 bits per heavy atom. The first-order chi connectivity index (χ1) is 5.41. The van der Waals surface area contributed by atoms with Crippen LogP contribution in [0.3, 0.4) is 0 Å². The van der Waals surface area contributed by atoms with Crippen LogP contribution >= 0.6 is 0 Å². The Kier molecular flexibility index (Phi) is 2.79. The third kappa shape index (κ3) is 3.11. The first-order valence-corrected chi connectivity index (χ1v) is 4.69. The van der Waals surface area contributed by atoms with Crippen molar-refractivity contribution in [2.45, 2.75) is 46.3 Å². The first-order valence-electron chi connectivity index (χ1n) is 4.69. The summed E-state index contributed by atoms with van der Waals surface area (Å²) >= 11 is 0. The Labute approximate surface area is 75.2 Å². The van der Waals surface area contributed by atoms with Crippen molar-refractivity contribution in [2.24, 2.45) is 5.41 Å². The summed E-state index contributed by atoms with van der Waals surface area (Å²) in [7, 11) is 0. The molecule has 1 saturated heterocycles. The van der Waals surface area contributed by atoms with Crippen molar-refractivity contribution in [1.82, 2.24) is 0 Å². The minimum atomic E-state index is -0.378. The SMILES string of the molecule is CC1(C)CCOC(C)(C)OCC1. The molecule has 0 unspecified atom stereocenters. The average Bonchev–Trinajstić information content (AvgIpc) is 1.82. The van der Waals surface area contributed by atoms with Crippen LogP contribution in [0.2, 0.25) is 0 Å². The van der Waals surface area contributed by atoms with E-state index in [0.29, 0.717) is 5.41 Å². The topological polar surface area (TPSA) is 18.5 Å². The zero-order valence-electron chi connectivity index (χ0n) is 8.64. The van der Waals surface area contributed by atoms with Crippen LogP contribution in [0, 0.1) is 5.41 Å². The predicted octanol–water partition coefficient (Wildman–Crippen LogP) is 2.58. The van der Waals surface area contributed by atoms with Gasteiger partial charge in [-0.25, -0.2) is 0 Å². The minimum absolute atomic E-state index is 0.372. The summed E-state index contributed by atoms with van der Waals surface area (Å²) in [5, 5.41) is 0. The molecule has 0 N–H and O–H groups in total. The van der Waals surface area contributed by atoms with Gasteiger partial charge >= 0.3 is 0 Å². The maximum absolute atomic E-state index is 5.58. The summed E-state index contributed by atoms with van der Waals surface area (Å²) in [6, 6.07) is 0. The molecule has 1 fully saturated rings. The van der Waals surface area contributed by atoms with Crippen molar-refractivity contribution in [3.63, 3.8) is 0 Å². The summed E-state index contributed by atoms with van der Waals surface area (Å²) in [5.74, 6) is -0.378. The Hall–Kier alpha value is -0.0800. The highest BCUT2D eigenvalue weighted by atomic mass is 16.7. The van der Waals surface area contributed by atoms with Crippen molar-refractivity contribution in [3.8, 4) is 0 Å². The molecule has 1 heterocycles. The van der Waals surface area contributed by atoms with Crippen LogP contribution < -0.4 is 0 Å². The Balaban J connectivity index is 2.45. The summed E-state index contributed by atoms with van der Waals surface area (Å²) in [4.78, 5) is 0. The molecule has 0 amide bonds. The normalized spacial score (nSPS) is 29.0. The lowest BCUT2D eigenvalue weighted by Gasteiger charge is -2.34. The Bertz CT molecular complexity index is 120. The zero-order valence-corrected chi connectivity index (χ0v) is 8.64. The molecule has 1 aliphatic rings. The molecule has 0 saturated carbocycles. The van der Waals surface area contributed by atoms with Gasteiger partial charge in [0.1, 0.15) is 0 Å². The van der Waals surface area contributed by atoms with Gasteiger partial charge in [-0.15, -0.1) is 0 Å². The largest absolute Gasteiger partial charge is 0.351 e. The van der Waals surface area contributed by atoms with Crippen LogP contribution in [-0.4, -0.2) is 19.0 Å². The highest BCUT2D eigenvalue weighted by Crippen LogP contribution is 2.29. The van der Waals surface area contributed by atoms with Crippen LogP contribution in [0.1, 0.15) is 40.5 Å². The fourth-order valence-electron chi connectivity index (χ4n) is 1.31. The molecule has 0 aromatic carbocycles. The second-order valence-electron chi connectivity index (χ2n) is 4.76. The molecule has 2 heteroatoms. The fourth-order valence-corrected chi connectivity index (χ4v) is 1.31. The van der Waals surface area contributed by atoms with Gasteiger partial charge in [0, 0.05) is 0 Å². The molecule has 0 spiro atoms. The molecule has 1 rings (SSSR count). The van der Waals surface area contributed by atoms with E-state index >= 15 is 0 Å². The van der Waals surface area contributed by atoms with Crippen LogP contribution in [0.15, 0.2) is 0 Å². The van der Waals surface area contributed by atoms with E-state index in [1.807, 2.05) is 13.8 Å². The number of hydrogen-bond donors (Lipinski definition) is 0. The van der Waals surface area contributed by atoms with E-state index in [9.17, 15) is 0 Å². The molecule has 72 valence electrons. The van der Waals surface area contributed by atoms with Gasteiger partial charge in [-0.1, -0.05) is 13.8 Å². The third-order valence-electron chi connectivity index (χ3n) is 2.46. The maximum atomic E-state index is 5.58. The highest BCUT2D eigenvalue weighted by molar-refractivity contribution is 4.71. The Morgan fingerprint density at radius 3 is 1.67 bits per heavy atom. The lowest BCUT2D eigenvalue weighted by atomic mass is 9.86. The van der Waals surface area contributed by atoms with Gasteiger partial charge < -0.3 is 9.47 Å². The second kappa shape index (κ2) is 3.35. The van der Waals surface area contributed by atoms with Crippen LogP contribution in [0.5, 0.6) is 0 Å². The van der Waals surface area contributed by atoms with E-state index in [1.54, 1.807) is 0 Å². The third-order valence-corrected chi connectivity index (χ3v) is 2.46. The van der Waals surface area contributed by atoms with E-state index < -0.39 is 0 Å². The smallest absolute Gasteiger partial charge is 0.162 e. The van der Waals surface area contributed by atoms with Crippen molar-refractivity contribution in [1.29, 1.82) is 0 Å². The molecule has 1 aliphatic heterocycles. The number of rotatable bonds is 0. The highest BCUT2D eigenvalue weighted by Gasteiger charge is 2.26. The molecule has 0 atom stereocenters. The summed E-state index contributed by atoms with van der Waals surface area (Å²) < 4.78 is 11.2.